The monoisotopic (exact) mass is 265 g/mol. The molecule has 0 spiro atoms. The predicted molar refractivity (Wildman–Crippen MR) is 79.5 cm³/mol. The number of ether oxygens (including phenoxy) is 1. The number of benzene rings is 1. The van der Waals surface area contributed by atoms with E-state index in [4.69, 9.17) is 4.74 Å². The fourth-order valence-corrected chi connectivity index (χ4v) is 2.03. The van der Waals surface area contributed by atoms with Gasteiger partial charge in [0.05, 0.1) is 12.7 Å². The lowest BCUT2D eigenvalue weighted by atomic mass is 9.99. The largest absolute Gasteiger partial charge is 0.494 e. The molecule has 2 unspecified atom stereocenters. The third kappa shape index (κ3) is 5.21. The number of aliphatic hydroxyl groups excluding tert-OH is 1. The van der Waals surface area contributed by atoms with Crippen molar-refractivity contribution in [2.24, 2.45) is 5.92 Å². The Hall–Kier alpha value is -1.06. The number of aliphatic hydroxyl groups is 1. The molecule has 0 aliphatic rings. The lowest BCUT2D eigenvalue weighted by Gasteiger charge is -2.24. The van der Waals surface area contributed by atoms with Gasteiger partial charge in [-0.3, -0.25) is 0 Å². The maximum Gasteiger partial charge on any atom is 0.119 e. The molecule has 0 radical (unpaired) electrons. The van der Waals surface area contributed by atoms with Gasteiger partial charge in [0.15, 0.2) is 0 Å². The third-order valence-corrected chi connectivity index (χ3v) is 3.14. The topological polar surface area (TPSA) is 41.5 Å². The summed E-state index contributed by atoms with van der Waals surface area (Å²) in [6.07, 6.45) is 0.431. The molecule has 108 valence electrons. The summed E-state index contributed by atoms with van der Waals surface area (Å²) in [6, 6.07) is 7.81. The Labute approximate surface area is 117 Å². The third-order valence-electron chi connectivity index (χ3n) is 3.14. The van der Waals surface area contributed by atoms with E-state index in [-0.39, 0.29) is 6.04 Å². The van der Waals surface area contributed by atoms with Gasteiger partial charge >= 0.3 is 0 Å². The van der Waals surface area contributed by atoms with Gasteiger partial charge in [-0.05, 0) is 43.5 Å². The van der Waals surface area contributed by atoms with Crippen LogP contribution in [0, 0.1) is 5.92 Å². The summed E-state index contributed by atoms with van der Waals surface area (Å²) in [5, 5.41) is 13.8. The van der Waals surface area contributed by atoms with Crippen LogP contribution in [0.15, 0.2) is 24.3 Å². The van der Waals surface area contributed by atoms with E-state index in [9.17, 15) is 5.11 Å². The number of nitrogens with one attached hydrogen (secondary N) is 1. The average molecular weight is 265 g/mol. The smallest absolute Gasteiger partial charge is 0.119 e. The molecule has 0 saturated carbocycles. The summed E-state index contributed by atoms with van der Waals surface area (Å²) in [5.74, 6) is 1.43. The van der Waals surface area contributed by atoms with Gasteiger partial charge in [0.2, 0.25) is 0 Å². The molecule has 1 aromatic carbocycles. The highest BCUT2D eigenvalue weighted by atomic mass is 16.5. The van der Waals surface area contributed by atoms with Crippen LogP contribution in [0.4, 0.5) is 0 Å². The molecular weight excluding hydrogens is 238 g/mol. The van der Waals surface area contributed by atoms with E-state index in [2.05, 4.69) is 26.1 Å². The summed E-state index contributed by atoms with van der Waals surface area (Å²) >= 11 is 0. The van der Waals surface area contributed by atoms with Gasteiger partial charge in [-0.15, -0.1) is 0 Å². The minimum absolute atomic E-state index is 0.0975. The van der Waals surface area contributed by atoms with E-state index in [1.165, 1.54) is 0 Å². The summed E-state index contributed by atoms with van der Waals surface area (Å²) in [7, 11) is 0. The first-order valence-electron chi connectivity index (χ1n) is 7.22. The molecule has 3 heteroatoms. The second-order valence-electron chi connectivity index (χ2n) is 5.26. The van der Waals surface area contributed by atoms with Crippen molar-refractivity contribution in [2.45, 2.75) is 46.3 Å². The first-order chi connectivity index (χ1) is 9.08. The Morgan fingerprint density at radius 3 is 2.26 bits per heavy atom. The second-order valence-corrected chi connectivity index (χ2v) is 5.26. The molecule has 0 fully saturated rings. The molecule has 1 aromatic rings. The summed E-state index contributed by atoms with van der Waals surface area (Å²) in [4.78, 5) is 0. The standard InChI is InChI=1S/C16H27NO2/c1-5-15(17-11-12(3)4)16(18)13-7-9-14(10-8-13)19-6-2/h7-10,12,15-18H,5-6,11H2,1-4H3. The molecule has 19 heavy (non-hydrogen) atoms. The van der Waals surface area contributed by atoms with Crippen LogP contribution < -0.4 is 10.1 Å². The van der Waals surface area contributed by atoms with Crippen molar-refractivity contribution in [3.05, 3.63) is 29.8 Å². The van der Waals surface area contributed by atoms with Crippen molar-refractivity contribution in [1.29, 1.82) is 0 Å². The van der Waals surface area contributed by atoms with Gasteiger partial charge in [-0.1, -0.05) is 32.9 Å². The van der Waals surface area contributed by atoms with E-state index in [1.807, 2.05) is 31.2 Å². The second kappa shape index (κ2) is 8.18. The van der Waals surface area contributed by atoms with Gasteiger partial charge in [0, 0.05) is 6.04 Å². The molecular formula is C16H27NO2. The highest BCUT2D eigenvalue weighted by Gasteiger charge is 2.18. The number of rotatable bonds is 8. The Balaban J connectivity index is 2.65. The van der Waals surface area contributed by atoms with Gasteiger partial charge in [-0.25, -0.2) is 0 Å². The highest BCUT2D eigenvalue weighted by Crippen LogP contribution is 2.22. The average Bonchev–Trinajstić information content (AvgIpc) is 2.40. The summed E-state index contributed by atoms with van der Waals surface area (Å²) in [5.41, 5.74) is 0.937. The van der Waals surface area contributed by atoms with Crippen LogP contribution in [-0.4, -0.2) is 24.3 Å². The molecule has 0 amide bonds. The van der Waals surface area contributed by atoms with Gasteiger partial charge in [0.1, 0.15) is 5.75 Å². The zero-order valence-corrected chi connectivity index (χ0v) is 12.5. The van der Waals surface area contributed by atoms with Crippen LogP contribution >= 0.6 is 0 Å². The van der Waals surface area contributed by atoms with E-state index < -0.39 is 6.10 Å². The molecule has 0 aliphatic heterocycles. The van der Waals surface area contributed by atoms with Crippen LogP contribution in [0.2, 0.25) is 0 Å². The van der Waals surface area contributed by atoms with Crippen molar-refractivity contribution in [1.82, 2.24) is 5.32 Å². The minimum Gasteiger partial charge on any atom is -0.494 e. The Bertz CT molecular complexity index is 348. The van der Waals surface area contributed by atoms with E-state index >= 15 is 0 Å². The number of hydrogen-bond donors (Lipinski definition) is 2. The summed E-state index contributed by atoms with van der Waals surface area (Å²) in [6.45, 7) is 9.98. The maximum absolute atomic E-state index is 10.4. The van der Waals surface area contributed by atoms with Crippen molar-refractivity contribution >= 4 is 0 Å². The van der Waals surface area contributed by atoms with Crippen LogP contribution in [0.3, 0.4) is 0 Å². The normalized spacial score (nSPS) is 14.4. The quantitative estimate of drug-likeness (QED) is 0.758. The van der Waals surface area contributed by atoms with E-state index in [1.54, 1.807) is 0 Å². The van der Waals surface area contributed by atoms with Crippen molar-refractivity contribution < 1.29 is 9.84 Å². The van der Waals surface area contributed by atoms with Gasteiger partial charge in [-0.2, -0.15) is 0 Å². The lowest BCUT2D eigenvalue weighted by Crippen LogP contribution is -2.36. The van der Waals surface area contributed by atoms with Gasteiger partial charge < -0.3 is 15.2 Å². The Kier molecular flexibility index (Phi) is 6.89. The van der Waals surface area contributed by atoms with E-state index in [0.717, 1.165) is 24.3 Å². The zero-order valence-electron chi connectivity index (χ0n) is 12.5. The predicted octanol–water partition coefficient (Wildman–Crippen LogP) is 3.14. The van der Waals surface area contributed by atoms with Crippen molar-refractivity contribution in [3.63, 3.8) is 0 Å². The van der Waals surface area contributed by atoms with Crippen LogP contribution in [-0.2, 0) is 0 Å². The summed E-state index contributed by atoms with van der Waals surface area (Å²) < 4.78 is 5.41. The molecule has 2 atom stereocenters. The fourth-order valence-electron chi connectivity index (χ4n) is 2.03. The molecule has 3 nitrogen and oxygen atoms in total. The van der Waals surface area contributed by atoms with E-state index in [0.29, 0.717) is 12.5 Å². The van der Waals surface area contributed by atoms with Crippen molar-refractivity contribution in [3.8, 4) is 5.75 Å². The highest BCUT2D eigenvalue weighted by molar-refractivity contribution is 5.29. The maximum atomic E-state index is 10.4. The molecule has 1 rings (SSSR count). The molecule has 2 N–H and O–H groups in total. The first-order valence-corrected chi connectivity index (χ1v) is 7.22. The SMILES string of the molecule is CCOc1ccc(C(O)C(CC)NCC(C)C)cc1. The van der Waals surface area contributed by atoms with Crippen LogP contribution in [0.5, 0.6) is 5.75 Å². The number of hydrogen-bond acceptors (Lipinski definition) is 3. The van der Waals surface area contributed by atoms with Crippen LogP contribution in [0.25, 0.3) is 0 Å². The minimum atomic E-state index is -0.473. The first kappa shape index (κ1) is 16.0. The van der Waals surface area contributed by atoms with Gasteiger partial charge in [0.25, 0.3) is 0 Å². The Morgan fingerprint density at radius 1 is 1.16 bits per heavy atom. The zero-order chi connectivity index (χ0) is 14.3. The lowest BCUT2D eigenvalue weighted by molar-refractivity contribution is 0.124. The molecule has 0 heterocycles. The molecule has 0 bridgehead atoms. The molecule has 0 aliphatic carbocycles. The molecule has 0 aromatic heterocycles. The Morgan fingerprint density at radius 2 is 1.79 bits per heavy atom. The fraction of sp³-hybridized carbons (Fsp3) is 0.625. The molecule has 0 saturated heterocycles. The van der Waals surface area contributed by atoms with Crippen molar-refractivity contribution in [2.75, 3.05) is 13.2 Å². The van der Waals surface area contributed by atoms with Crippen LogP contribution in [0.1, 0.15) is 45.8 Å².